The van der Waals surface area contributed by atoms with Crippen molar-refractivity contribution < 1.29 is 9.53 Å². The fourth-order valence-corrected chi connectivity index (χ4v) is 2.41. The first kappa shape index (κ1) is 15.2. The van der Waals surface area contributed by atoms with E-state index >= 15 is 0 Å². The first-order valence-electron chi connectivity index (χ1n) is 7.28. The van der Waals surface area contributed by atoms with Gasteiger partial charge in [0.1, 0.15) is 6.10 Å². The molecule has 0 aromatic heterocycles. The van der Waals surface area contributed by atoms with Gasteiger partial charge in [0, 0.05) is 19.5 Å². The highest BCUT2D eigenvalue weighted by Gasteiger charge is 2.24. The molecule has 0 saturated carbocycles. The van der Waals surface area contributed by atoms with Crippen LogP contribution in [0.25, 0.3) is 0 Å². The van der Waals surface area contributed by atoms with Crippen LogP contribution in [0.4, 0.5) is 0 Å². The number of nitrogens with zero attached hydrogens (tertiary/aromatic N) is 1. The van der Waals surface area contributed by atoms with Gasteiger partial charge >= 0.3 is 0 Å². The molecule has 1 heterocycles. The van der Waals surface area contributed by atoms with Gasteiger partial charge in [-0.3, -0.25) is 4.79 Å². The largest absolute Gasteiger partial charge is 0.368 e. The van der Waals surface area contributed by atoms with Crippen molar-refractivity contribution in [2.75, 3.05) is 26.7 Å². The van der Waals surface area contributed by atoms with Crippen LogP contribution in [0.2, 0.25) is 0 Å². The predicted octanol–water partition coefficient (Wildman–Crippen LogP) is 2.43. The number of hydrogen-bond acceptors (Lipinski definition) is 3. The predicted molar refractivity (Wildman–Crippen MR) is 81.1 cm³/mol. The first-order chi connectivity index (χ1) is 9.36. The Labute approximate surface area is 121 Å². The third-order valence-electron chi connectivity index (χ3n) is 3.83. The van der Waals surface area contributed by atoms with Gasteiger partial charge in [0.15, 0.2) is 5.78 Å². The number of morpholine rings is 1. The molecule has 110 valence electrons. The van der Waals surface area contributed by atoms with Gasteiger partial charge in [-0.15, -0.1) is 0 Å². The van der Waals surface area contributed by atoms with Crippen LogP contribution < -0.4 is 0 Å². The first-order valence-corrected chi connectivity index (χ1v) is 7.28. The Hall–Kier alpha value is -1.19. The molecule has 1 fully saturated rings. The molecule has 3 heteroatoms. The zero-order valence-corrected chi connectivity index (χ0v) is 13.0. The molecule has 1 aliphatic heterocycles. The van der Waals surface area contributed by atoms with Crippen LogP contribution in [0.5, 0.6) is 0 Å². The maximum absolute atomic E-state index is 12.2. The number of hydrogen-bond donors (Lipinski definition) is 0. The smallest absolute Gasteiger partial charge is 0.167 e. The zero-order chi connectivity index (χ0) is 14.8. The number of ketones is 1. The molecule has 1 aromatic rings. The molecule has 3 nitrogen and oxygen atoms in total. The SMILES string of the molecule is CN1CCOC(C(=O)Cc2ccc(C(C)(C)C)cc2)C1. The highest BCUT2D eigenvalue weighted by Crippen LogP contribution is 2.22. The van der Waals surface area contributed by atoms with Crippen molar-refractivity contribution in [2.24, 2.45) is 0 Å². The number of carbonyl (C=O) groups excluding carboxylic acids is 1. The van der Waals surface area contributed by atoms with Gasteiger partial charge < -0.3 is 9.64 Å². The van der Waals surface area contributed by atoms with E-state index in [-0.39, 0.29) is 17.3 Å². The number of carbonyl (C=O) groups is 1. The zero-order valence-electron chi connectivity index (χ0n) is 13.0. The normalized spacial score (nSPS) is 20.9. The second-order valence-electron chi connectivity index (χ2n) is 6.71. The molecule has 0 aliphatic carbocycles. The average molecular weight is 275 g/mol. The van der Waals surface area contributed by atoms with Crippen molar-refractivity contribution in [3.63, 3.8) is 0 Å². The van der Waals surface area contributed by atoms with Gasteiger partial charge in [0.05, 0.1) is 6.61 Å². The minimum absolute atomic E-state index is 0.151. The third kappa shape index (κ3) is 3.90. The molecule has 1 aliphatic rings. The molecular formula is C17H25NO2. The van der Waals surface area contributed by atoms with E-state index in [0.29, 0.717) is 19.6 Å². The summed E-state index contributed by atoms with van der Waals surface area (Å²) in [5, 5.41) is 0. The molecule has 1 saturated heterocycles. The Morgan fingerprint density at radius 2 is 1.95 bits per heavy atom. The molecule has 0 bridgehead atoms. The Kier molecular flexibility index (Phi) is 4.61. The summed E-state index contributed by atoms with van der Waals surface area (Å²) in [5.41, 5.74) is 2.51. The maximum Gasteiger partial charge on any atom is 0.167 e. The lowest BCUT2D eigenvalue weighted by Crippen LogP contribution is -2.44. The lowest BCUT2D eigenvalue weighted by Gasteiger charge is -2.29. The molecule has 1 aromatic carbocycles. The summed E-state index contributed by atoms with van der Waals surface area (Å²) in [6, 6.07) is 8.36. The lowest BCUT2D eigenvalue weighted by atomic mass is 9.86. The van der Waals surface area contributed by atoms with Gasteiger partial charge in [0.25, 0.3) is 0 Å². The van der Waals surface area contributed by atoms with E-state index in [1.807, 2.05) is 7.05 Å². The van der Waals surface area contributed by atoms with E-state index in [9.17, 15) is 4.79 Å². The lowest BCUT2D eigenvalue weighted by molar-refractivity contribution is -0.134. The highest BCUT2D eigenvalue weighted by atomic mass is 16.5. The number of Topliss-reactive ketones (excluding diaryl/α,β-unsaturated/α-hetero) is 1. The molecule has 0 radical (unpaired) electrons. The van der Waals surface area contributed by atoms with E-state index in [1.54, 1.807) is 0 Å². The Bertz CT molecular complexity index is 459. The summed E-state index contributed by atoms with van der Waals surface area (Å²) in [5.74, 6) is 0.181. The van der Waals surface area contributed by atoms with E-state index in [1.165, 1.54) is 5.56 Å². The topological polar surface area (TPSA) is 29.5 Å². The Balaban J connectivity index is 1.97. The van der Waals surface area contributed by atoms with E-state index in [4.69, 9.17) is 4.74 Å². The van der Waals surface area contributed by atoms with Crippen molar-refractivity contribution in [3.8, 4) is 0 Å². The Morgan fingerprint density at radius 1 is 1.30 bits per heavy atom. The van der Waals surface area contributed by atoms with Crippen molar-refractivity contribution in [1.29, 1.82) is 0 Å². The average Bonchev–Trinajstić information content (AvgIpc) is 2.38. The highest BCUT2D eigenvalue weighted by molar-refractivity contribution is 5.85. The second kappa shape index (κ2) is 6.06. The monoisotopic (exact) mass is 275 g/mol. The van der Waals surface area contributed by atoms with E-state index < -0.39 is 0 Å². The van der Waals surface area contributed by atoms with Gasteiger partial charge in [0.2, 0.25) is 0 Å². The van der Waals surface area contributed by atoms with E-state index in [2.05, 4.69) is 49.9 Å². The summed E-state index contributed by atoms with van der Waals surface area (Å²) in [7, 11) is 2.03. The van der Waals surface area contributed by atoms with Crippen molar-refractivity contribution in [2.45, 2.75) is 38.7 Å². The van der Waals surface area contributed by atoms with Gasteiger partial charge in [-0.2, -0.15) is 0 Å². The van der Waals surface area contributed by atoms with Gasteiger partial charge in [-0.1, -0.05) is 45.0 Å². The minimum atomic E-state index is -0.268. The fraction of sp³-hybridized carbons (Fsp3) is 0.588. The number of ether oxygens (including phenoxy) is 1. The molecule has 1 atom stereocenters. The number of likely N-dealkylation sites (N-methyl/N-ethyl adjacent to an activating group) is 1. The molecule has 20 heavy (non-hydrogen) atoms. The molecule has 0 N–H and O–H groups in total. The minimum Gasteiger partial charge on any atom is -0.368 e. The van der Waals surface area contributed by atoms with Gasteiger partial charge in [-0.25, -0.2) is 0 Å². The van der Waals surface area contributed by atoms with Crippen LogP contribution in [0.1, 0.15) is 31.9 Å². The fourth-order valence-electron chi connectivity index (χ4n) is 2.41. The van der Waals surface area contributed by atoms with Crippen molar-refractivity contribution >= 4 is 5.78 Å². The maximum atomic E-state index is 12.2. The molecule has 2 rings (SSSR count). The number of rotatable bonds is 3. The second-order valence-corrected chi connectivity index (χ2v) is 6.71. The van der Waals surface area contributed by atoms with Gasteiger partial charge in [-0.05, 0) is 23.6 Å². The van der Waals surface area contributed by atoms with Crippen LogP contribution in [-0.4, -0.2) is 43.5 Å². The molecule has 0 amide bonds. The van der Waals surface area contributed by atoms with Crippen molar-refractivity contribution in [1.82, 2.24) is 4.90 Å². The number of benzene rings is 1. The van der Waals surface area contributed by atoms with Crippen molar-refractivity contribution in [3.05, 3.63) is 35.4 Å². The van der Waals surface area contributed by atoms with Crippen LogP contribution >= 0.6 is 0 Å². The van der Waals surface area contributed by atoms with Crippen LogP contribution in [0.3, 0.4) is 0 Å². The van der Waals surface area contributed by atoms with Crippen LogP contribution in [0.15, 0.2) is 24.3 Å². The van der Waals surface area contributed by atoms with Crippen LogP contribution in [-0.2, 0) is 21.4 Å². The summed E-state index contributed by atoms with van der Waals surface area (Å²) in [4.78, 5) is 14.4. The summed E-state index contributed by atoms with van der Waals surface area (Å²) < 4.78 is 5.57. The van der Waals surface area contributed by atoms with Crippen LogP contribution in [0, 0.1) is 0 Å². The molecule has 0 spiro atoms. The molecular weight excluding hydrogens is 250 g/mol. The molecule has 1 unspecified atom stereocenters. The Morgan fingerprint density at radius 3 is 2.50 bits per heavy atom. The summed E-state index contributed by atoms with van der Waals surface area (Å²) in [6.07, 6.45) is 0.194. The third-order valence-corrected chi connectivity index (χ3v) is 3.83. The standard InChI is InChI=1S/C17H25NO2/c1-17(2,3)14-7-5-13(6-8-14)11-15(19)16-12-18(4)9-10-20-16/h5-8,16H,9-12H2,1-4H3. The summed E-state index contributed by atoms with van der Waals surface area (Å²) in [6.45, 7) is 8.84. The quantitative estimate of drug-likeness (QED) is 0.848. The summed E-state index contributed by atoms with van der Waals surface area (Å²) >= 11 is 0. The van der Waals surface area contributed by atoms with E-state index in [0.717, 1.165) is 12.1 Å².